The lowest BCUT2D eigenvalue weighted by atomic mass is 9.97. The number of aromatic nitrogens is 2. The number of nitrogens with zero attached hydrogens (tertiary/aromatic N) is 1. The summed E-state index contributed by atoms with van der Waals surface area (Å²) in [5.41, 5.74) is 5.84. The molecule has 1 amide bonds. The summed E-state index contributed by atoms with van der Waals surface area (Å²) in [4.78, 5) is 20.3. The molecule has 3 aromatic carbocycles. The minimum atomic E-state index is -0.247. The Morgan fingerprint density at radius 1 is 1.07 bits per heavy atom. The number of nitrogens with one attached hydrogen (secondary N) is 2. The number of imidazole rings is 1. The molecule has 0 aliphatic carbocycles. The van der Waals surface area contributed by atoms with E-state index in [1.54, 1.807) is 13.4 Å². The summed E-state index contributed by atoms with van der Waals surface area (Å²) in [6, 6.07) is 21.6. The molecule has 4 aromatic rings. The van der Waals surface area contributed by atoms with Crippen LogP contribution in [0, 0.1) is 6.92 Å². The van der Waals surface area contributed by atoms with Gasteiger partial charge in [-0.2, -0.15) is 0 Å². The number of amides is 1. The van der Waals surface area contributed by atoms with E-state index in [9.17, 15) is 4.79 Å². The van der Waals surface area contributed by atoms with Crippen LogP contribution in [0.2, 0.25) is 0 Å². The highest BCUT2D eigenvalue weighted by atomic mass is 16.5. The van der Waals surface area contributed by atoms with Crippen LogP contribution in [0.5, 0.6) is 5.75 Å². The van der Waals surface area contributed by atoms with Gasteiger partial charge in [0.1, 0.15) is 5.75 Å². The number of methoxy groups -OCH3 is 1. The first kappa shape index (κ1) is 18.7. The van der Waals surface area contributed by atoms with Crippen molar-refractivity contribution >= 4 is 16.9 Å². The number of H-pyrrole nitrogens is 1. The monoisotopic (exact) mass is 385 g/mol. The van der Waals surface area contributed by atoms with Crippen molar-refractivity contribution in [2.75, 3.05) is 7.11 Å². The number of aryl methyl sites for hydroxylation is 1. The van der Waals surface area contributed by atoms with Crippen LogP contribution in [0.15, 0.2) is 73.1 Å². The molecule has 146 valence electrons. The molecule has 2 N–H and O–H groups in total. The number of hydrogen-bond acceptors (Lipinski definition) is 3. The first-order valence-electron chi connectivity index (χ1n) is 9.55. The number of carbonyl (C=O) groups excluding carboxylic acids is 1. The maximum absolute atomic E-state index is 12.9. The fraction of sp³-hybridized carbons (Fsp3) is 0.167. The van der Waals surface area contributed by atoms with Crippen LogP contribution in [0.25, 0.3) is 11.0 Å². The van der Waals surface area contributed by atoms with Crippen molar-refractivity contribution in [1.29, 1.82) is 0 Å². The van der Waals surface area contributed by atoms with E-state index in [2.05, 4.69) is 15.3 Å². The van der Waals surface area contributed by atoms with Crippen molar-refractivity contribution in [2.24, 2.45) is 0 Å². The SMILES string of the molecule is COc1cc(CC(=O)NC(c2ccccc2)c2ccc3nc[nH]c3c2)ccc1C. The Hall–Kier alpha value is -3.60. The molecule has 5 heteroatoms. The Morgan fingerprint density at radius 3 is 2.69 bits per heavy atom. The first-order valence-corrected chi connectivity index (χ1v) is 9.55. The molecule has 1 unspecified atom stereocenters. The lowest BCUT2D eigenvalue weighted by Crippen LogP contribution is -2.30. The smallest absolute Gasteiger partial charge is 0.225 e. The van der Waals surface area contributed by atoms with E-state index in [1.807, 2.05) is 73.7 Å². The zero-order valence-corrected chi connectivity index (χ0v) is 16.5. The number of aromatic amines is 1. The predicted octanol–water partition coefficient (Wildman–Crippen LogP) is 4.33. The summed E-state index contributed by atoms with van der Waals surface area (Å²) in [5, 5.41) is 3.19. The number of benzene rings is 3. The maximum atomic E-state index is 12.9. The molecule has 0 fully saturated rings. The van der Waals surface area contributed by atoms with Gasteiger partial charge < -0.3 is 15.0 Å². The summed E-state index contributed by atoms with van der Waals surface area (Å²) in [6.45, 7) is 1.99. The van der Waals surface area contributed by atoms with Gasteiger partial charge >= 0.3 is 0 Å². The van der Waals surface area contributed by atoms with Crippen LogP contribution in [-0.2, 0) is 11.2 Å². The molecule has 1 aromatic heterocycles. The second-order valence-corrected chi connectivity index (χ2v) is 7.07. The van der Waals surface area contributed by atoms with Gasteiger partial charge in [0.05, 0.1) is 36.9 Å². The van der Waals surface area contributed by atoms with E-state index in [0.29, 0.717) is 0 Å². The zero-order chi connectivity index (χ0) is 20.2. The summed E-state index contributed by atoms with van der Waals surface area (Å²) in [7, 11) is 1.64. The molecule has 4 rings (SSSR count). The van der Waals surface area contributed by atoms with Gasteiger partial charge in [0, 0.05) is 0 Å². The topological polar surface area (TPSA) is 67.0 Å². The first-order chi connectivity index (χ1) is 14.1. The van der Waals surface area contributed by atoms with Crippen molar-refractivity contribution in [2.45, 2.75) is 19.4 Å². The molecule has 0 bridgehead atoms. The fourth-order valence-electron chi connectivity index (χ4n) is 3.51. The molecule has 0 saturated heterocycles. The van der Waals surface area contributed by atoms with Gasteiger partial charge in [-0.1, -0.05) is 48.5 Å². The van der Waals surface area contributed by atoms with Gasteiger partial charge in [0.2, 0.25) is 5.91 Å². The molecule has 1 heterocycles. The average molecular weight is 385 g/mol. The summed E-state index contributed by atoms with van der Waals surface area (Å²) in [5.74, 6) is 0.745. The Balaban J connectivity index is 1.60. The number of fused-ring (bicyclic) bond motifs is 1. The van der Waals surface area contributed by atoms with Crippen molar-refractivity contribution < 1.29 is 9.53 Å². The Bertz CT molecular complexity index is 1140. The normalized spacial score (nSPS) is 11.9. The number of ether oxygens (including phenoxy) is 1. The summed E-state index contributed by atoms with van der Waals surface area (Å²) in [6.07, 6.45) is 1.96. The molecule has 0 aliphatic rings. The Kier molecular flexibility index (Phi) is 5.29. The molecule has 29 heavy (non-hydrogen) atoms. The van der Waals surface area contributed by atoms with Crippen LogP contribution in [0.3, 0.4) is 0 Å². The van der Waals surface area contributed by atoms with Gasteiger partial charge in [0.25, 0.3) is 0 Å². The second kappa shape index (κ2) is 8.19. The Morgan fingerprint density at radius 2 is 1.90 bits per heavy atom. The molecule has 0 spiro atoms. The van der Waals surface area contributed by atoms with Crippen LogP contribution >= 0.6 is 0 Å². The van der Waals surface area contributed by atoms with E-state index >= 15 is 0 Å². The zero-order valence-electron chi connectivity index (χ0n) is 16.5. The molecule has 0 saturated carbocycles. The van der Waals surface area contributed by atoms with Gasteiger partial charge in [-0.3, -0.25) is 4.79 Å². The van der Waals surface area contributed by atoms with Gasteiger partial charge in [-0.25, -0.2) is 4.98 Å². The van der Waals surface area contributed by atoms with Crippen molar-refractivity contribution in [3.63, 3.8) is 0 Å². The molecule has 1 atom stereocenters. The highest BCUT2D eigenvalue weighted by molar-refractivity contribution is 5.80. The number of hydrogen-bond donors (Lipinski definition) is 2. The van der Waals surface area contributed by atoms with E-state index in [-0.39, 0.29) is 18.4 Å². The molecular formula is C24H23N3O2. The third-order valence-corrected chi connectivity index (χ3v) is 5.05. The molecular weight excluding hydrogens is 362 g/mol. The minimum absolute atomic E-state index is 0.0468. The highest BCUT2D eigenvalue weighted by Crippen LogP contribution is 2.25. The average Bonchev–Trinajstić information content (AvgIpc) is 3.22. The minimum Gasteiger partial charge on any atom is -0.496 e. The van der Waals surface area contributed by atoms with Gasteiger partial charge in [0.15, 0.2) is 0 Å². The van der Waals surface area contributed by atoms with E-state index < -0.39 is 0 Å². The van der Waals surface area contributed by atoms with Crippen LogP contribution < -0.4 is 10.1 Å². The largest absolute Gasteiger partial charge is 0.496 e. The van der Waals surface area contributed by atoms with Crippen LogP contribution in [0.1, 0.15) is 28.3 Å². The quantitative estimate of drug-likeness (QED) is 0.519. The highest BCUT2D eigenvalue weighted by Gasteiger charge is 2.18. The van der Waals surface area contributed by atoms with Crippen molar-refractivity contribution in [3.8, 4) is 5.75 Å². The molecule has 5 nitrogen and oxygen atoms in total. The lowest BCUT2D eigenvalue weighted by Gasteiger charge is -2.20. The molecule has 0 radical (unpaired) electrons. The number of carbonyl (C=O) groups is 1. The summed E-state index contributed by atoms with van der Waals surface area (Å²) < 4.78 is 5.38. The van der Waals surface area contributed by atoms with E-state index in [1.165, 1.54) is 0 Å². The van der Waals surface area contributed by atoms with Crippen molar-refractivity contribution in [3.05, 3.63) is 95.3 Å². The maximum Gasteiger partial charge on any atom is 0.225 e. The molecule has 0 aliphatic heterocycles. The standard InChI is InChI=1S/C24H23N3O2/c1-16-8-9-17(12-22(16)29-2)13-23(28)27-24(18-6-4-3-5-7-18)19-10-11-20-21(14-19)26-15-25-20/h3-12,14-15,24H,13H2,1-2H3,(H,25,26)(H,27,28). The van der Waals surface area contributed by atoms with Gasteiger partial charge in [-0.15, -0.1) is 0 Å². The van der Waals surface area contributed by atoms with Crippen LogP contribution in [0.4, 0.5) is 0 Å². The lowest BCUT2D eigenvalue weighted by molar-refractivity contribution is -0.120. The van der Waals surface area contributed by atoms with E-state index in [4.69, 9.17) is 4.74 Å². The predicted molar refractivity (Wildman–Crippen MR) is 114 cm³/mol. The van der Waals surface area contributed by atoms with Crippen LogP contribution in [-0.4, -0.2) is 23.0 Å². The second-order valence-electron chi connectivity index (χ2n) is 7.07. The summed E-state index contributed by atoms with van der Waals surface area (Å²) >= 11 is 0. The Labute approximate surface area is 169 Å². The van der Waals surface area contributed by atoms with Gasteiger partial charge in [-0.05, 0) is 47.4 Å². The fourth-order valence-corrected chi connectivity index (χ4v) is 3.51. The third-order valence-electron chi connectivity index (χ3n) is 5.05. The van der Waals surface area contributed by atoms with E-state index in [0.717, 1.165) is 39.0 Å². The number of rotatable bonds is 6. The third kappa shape index (κ3) is 4.14. The van der Waals surface area contributed by atoms with Crippen molar-refractivity contribution in [1.82, 2.24) is 15.3 Å².